The third-order valence-corrected chi connectivity index (χ3v) is 4.26. The summed E-state index contributed by atoms with van der Waals surface area (Å²) >= 11 is 2.32. The monoisotopic (exact) mass is 352 g/mol. The second-order valence-electron chi connectivity index (χ2n) is 3.89. The summed E-state index contributed by atoms with van der Waals surface area (Å²) in [4.78, 5) is 0. The van der Waals surface area contributed by atoms with E-state index in [1.54, 1.807) is 0 Å². The van der Waals surface area contributed by atoms with Crippen LogP contribution in [0.5, 0.6) is 0 Å². The molecule has 0 bridgehead atoms. The lowest BCUT2D eigenvalue weighted by Crippen LogP contribution is -1.78. The largest absolute Gasteiger partial charge is 0.455 e. The first-order valence-corrected chi connectivity index (χ1v) is 7.66. The zero-order valence-corrected chi connectivity index (χ0v) is 12.2. The Hall–Kier alpha value is -0.860. The summed E-state index contributed by atoms with van der Waals surface area (Å²) in [6, 6.07) is 12.5. The van der Waals surface area contributed by atoms with E-state index in [0.29, 0.717) is 0 Å². The third kappa shape index (κ3) is 1.80. The van der Waals surface area contributed by atoms with Crippen molar-refractivity contribution in [3.8, 4) is 0 Å². The number of halogens is 1. The van der Waals surface area contributed by atoms with Gasteiger partial charge in [-0.15, -0.1) is 8.20 Å². The van der Waals surface area contributed by atoms with Gasteiger partial charge in [0, 0.05) is 16.9 Å². The lowest BCUT2D eigenvalue weighted by molar-refractivity contribution is 0.666. The average molecular weight is 352 g/mol. The molecule has 2 aromatic carbocycles. The Morgan fingerprint density at radius 1 is 1.18 bits per heavy atom. The fourth-order valence-electron chi connectivity index (χ4n) is 2.14. The van der Waals surface area contributed by atoms with Gasteiger partial charge in [-0.1, -0.05) is 30.6 Å². The maximum atomic E-state index is 5.94. The first-order chi connectivity index (χ1) is 8.31. The van der Waals surface area contributed by atoms with Gasteiger partial charge in [-0.2, -0.15) is 0 Å². The third-order valence-electron chi connectivity index (χ3n) is 2.84. The van der Waals surface area contributed by atoms with Crippen molar-refractivity contribution in [2.75, 3.05) is 0 Å². The first kappa shape index (κ1) is 11.2. The topological polar surface area (TPSA) is 13.1 Å². The minimum atomic E-state index is 0.970. The zero-order valence-electron chi connectivity index (χ0n) is 9.11. The fourth-order valence-corrected chi connectivity index (χ4v) is 3.25. The Kier molecular flexibility index (Phi) is 2.93. The Labute approximate surface area is 115 Å². The van der Waals surface area contributed by atoms with Crippen LogP contribution in [0.4, 0.5) is 0 Å². The summed E-state index contributed by atoms with van der Waals surface area (Å²) in [5.41, 5.74) is 3.29. The van der Waals surface area contributed by atoms with Crippen LogP contribution in [0, 0.1) is 3.57 Å². The molecule has 0 saturated carbocycles. The highest BCUT2D eigenvalue weighted by atomic mass is 127. The van der Waals surface area contributed by atoms with Crippen molar-refractivity contribution in [3.63, 3.8) is 0 Å². The van der Waals surface area contributed by atoms with E-state index in [-0.39, 0.29) is 0 Å². The maximum absolute atomic E-state index is 5.94. The molecule has 0 aliphatic rings. The lowest BCUT2D eigenvalue weighted by atomic mass is 10.1. The van der Waals surface area contributed by atoms with Gasteiger partial charge in [-0.05, 0) is 40.3 Å². The van der Waals surface area contributed by atoms with E-state index in [0.717, 1.165) is 29.1 Å². The molecule has 1 aromatic heterocycles. The first-order valence-electron chi connectivity index (χ1n) is 5.32. The van der Waals surface area contributed by atoms with E-state index in [2.05, 4.69) is 59.2 Å². The minimum absolute atomic E-state index is 0.970. The van der Waals surface area contributed by atoms with Gasteiger partial charge in [0.2, 0.25) is 0 Å². The number of para-hydroxylation sites is 1. The zero-order chi connectivity index (χ0) is 11.8. The molecule has 0 unspecified atom stereocenters. The molecule has 0 atom stereocenters. The van der Waals surface area contributed by atoms with Gasteiger partial charge in [0.1, 0.15) is 11.2 Å². The van der Waals surface area contributed by atoms with Gasteiger partial charge in [0.15, 0.2) is 0 Å². The van der Waals surface area contributed by atoms with Gasteiger partial charge in [-0.3, -0.25) is 0 Å². The minimum Gasteiger partial charge on any atom is -0.455 e. The normalized spacial score (nSPS) is 11.6. The van der Waals surface area contributed by atoms with E-state index in [1.165, 1.54) is 16.3 Å². The smallest absolute Gasteiger partial charge is 0.148 e. The Balaban J connectivity index is 2.49. The van der Waals surface area contributed by atoms with Crippen LogP contribution in [0.15, 0.2) is 40.8 Å². The second kappa shape index (κ2) is 4.43. The molecule has 0 saturated heterocycles. The molecule has 3 aromatic rings. The van der Waals surface area contributed by atoms with Gasteiger partial charge in [0.05, 0.1) is 3.57 Å². The predicted molar refractivity (Wildman–Crippen MR) is 84.2 cm³/mol. The highest BCUT2D eigenvalue weighted by molar-refractivity contribution is 14.1. The molecule has 0 spiro atoms. The molecule has 0 amide bonds. The van der Waals surface area contributed by atoms with Crippen molar-refractivity contribution in [2.45, 2.75) is 6.16 Å². The molecule has 84 valence electrons. The molecule has 0 radical (unpaired) electrons. The molecule has 0 N–H and O–H groups in total. The van der Waals surface area contributed by atoms with E-state index < -0.39 is 0 Å². The summed E-state index contributed by atoms with van der Waals surface area (Å²) in [6.45, 7) is 0. The van der Waals surface area contributed by atoms with Crippen LogP contribution in [0.25, 0.3) is 21.9 Å². The molecule has 3 rings (SSSR count). The van der Waals surface area contributed by atoms with E-state index in [4.69, 9.17) is 4.42 Å². The van der Waals surface area contributed by atoms with Crippen molar-refractivity contribution in [1.82, 2.24) is 0 Å². The summed E-state index contributed by atoms with van der Waals surface area (Å²) in [5, 5.41) is 2.46. The van der Waals surface area contributed by atoms with Crippen LogP contribution < -0.4 is 0 Å². The number of hydrogen-bond acceptors (Lipinski definition) is 1. The second-order valence-corrected chi connectivity index (χ2v) is 5.82. The summed E-state index contributed by atoms with van der Waals surface area (Å²) in [7, 11) is 1.14. The number of hydrogen-bond donors (Lipinski definition) is 0. The van der Waals surface area contributed by atoms with Crippen molar-refractivity contribution in [2.24, 2.45) is 0 Å². The van der Waals surface area contributed by atoms with Crippen molar-refractivity contribution in [3.05, 3.63) is 45.5 Å². The summed E-state index contributed by atoms with van der Waals surface area (Å²) in [6.07, 6.45) is 4.88. The van der Waals surface area contributed by atoms with E-state index >= 15 is 0 Å². The van der Waals surface area contributed by atoms with Crippen LogP contribution in [-0.4, -0.2) is 6.30 Å². The Bertz CT molecular complexity index is 715. The SMILES string of the molecule is C=PCc1cccc2oc3c(I)cccc3c12. The number of furan rings is 1. The van der Waals surface area contributed by atoms with Crippen molar-refractivity contribution in [1.29, 1.82) is 0 Å². The molecule has 1 heterocycles. The van der Waals surface area contributed by atoms with Gasteiger partial charge >= 0.3 is 0 Å². The van der Waals surface area contributed by atoms with Gasteiger partial charge in [-0.25, -0.2) is 0 Å². The Morgan fingerprint density at radius 3 is 2.82 bits per heavy atom. The average Bonchev–Trinajstić information content (AvgIpc) is 2.71. The summed E-state index contributed by atoms with van der Waals surface area (Å²) < 4.78 is 7.10. The van der Waals surface area contributed by atoms with Crippen LogP contribution >= 0.6 is 30.8 Å². The fraction of sp³-hybridized carbons (Fsp3) is 0.0714. The number of rotatable bonds is 2. The molecule has 17 heavy (non-hydrogen) atoms. The lowest BCUT2D eigenvalue weighted by Gasteiger charge is -1.98. The predicted octanol–water partition coefficient (Wildman–Crippen LogP) is 5.07. The van der Waals surface area contributed by atoms with E-state index in [9.17, 15) is 0 Å². The molecule has 0 aliphatic carbocycles. The molecular weight excluding hydrogens is 342 g/mol. The molecular formula is C14H10IOP. The molecule has 0 fully saturated rings. The van der Waals surface area contributed by atoms with Gasteiger partial charge in [0.25, 0.3) is 0 Å². The Morgan fingerprint density at radius 2 is 2.00 bits per heavy atom. The van der Waals surface area contributed by atoms with Crippen LogP contribution in [0.1, 0.15) is 5.56 Å². The maximum Gasteiger partial charge on any atom is 0.148 e. The molecule has 0 aliphatic heterocycles. The quantitative estimate of drug-likeness (QED) is 0.464. The standard InChI is InChI=1S/C14H10IOP/c1-17-8-9-4-2-7-12-13(9)10-5-3-6-11(15)14(10)16-12/h2-7H,1,8H2. The van der Waals surface area contributed by atoms with Crippen molar-refractivity contribution < 1.29 is 4.42 Å². The highest BCUT2D eigenvalue weighted by Crippen LogP contribution is 2.34. The number of benzene rings is 2. The molecule has 1 nitrogen and oxygen atoms in total. The van der Waals surface area contributed by atoms with Crippen LogP contribution in [-0.2, 0) is 6.16 Å². The van der Waals surface area contributed by atoms with Gasteiger partial charge < -0.3 is 4.42 Å². The highest BCUT2D eigenvalue weighted by Gasteiger charge is 2.11. The van der Waals surface area contributed by atoms with Crippen LogP contribution in [0.3, 0.4) is 0 Å². The molecule has 3 heteroatoms. The summed E-state index contributed by atoms with van der Waals surface area (Å²) in [5.74, 6) is 0. The van der Waals surface area contributed by atoms with Crippen LogP contribution in [0.2, 0.25) is 0 Å². The van der Waals surface area contributed by atoms with E-state index in [1.807, 2.05) is 6.07 Å². The van der Waals surface area contributed by atoms with Crippen molar-refractivity contribution >= 4 is 59.0 Å². The number of fused-ring (bicyclic) bond motifs is 3.